The van der Waals surface area contributed by atoms with Gasteiger partial charge in [0, 0.05) is 6.26 Å². The summed E-state index contributed by atoms with van der Waals surface area (Å²) < 4.78 is 22.7. The second kappa shape index (κ2) is 5.36. The predicted octanol–water partition coefficient (Wildman–Crippen LogP) is 0.471. The van der Waals surface area contributed by atoms with Crippen molar-refractivity contribution < 1.29 is 18.3 Å². The van der Waals surface area contributed by atoms with E-state index >= 15 is 0 Å². The Morgan fingerprint density at radius 3 is 2.61 bits per heavy atom. The molecule has 0 aliphatic rings. The third-order valence-electron chi connectivity index (χ3n) is 2.43. The van der Waals surface area contributed by atoms with Gasteiger partial charge in [0.05, 0.1) is 16.6 Å². The Hall–Kier alpha value is -1.60. The lowest BCUT2D eigenvalue weighted by Gasteiger charge is -2.12. The van der Waals surface area contributed by atoms with E-state index in [1.54, 1.807) is 6.92 Å². The van der Waals surface area contributed by atoms with Crippen molar-refractivity contribution in [3.63, 3.8) is 0 Å². The highest BCUT2D eigenvalue weighted by Crippen LogP contribution is 2.26. The van der Waals surface area contributed by atoms with E-state index in [0.717, 1.165) is 6.26 Å². The van der Waals surface area contributed by atoms with Gasteiger partial charge in [0.1, 0.15) is 5.75 Å². The molecule has 0 radical (unpaired) electrons. The van der Waals surface area contributed by atoms with Gasteiger partial charge in [-0.25, -0.2) is 8.42 Å². The Balaban J connectivity index is 3.06. The Labute approximate surface area is 106 Å². The molecular formula is C11H16N2O4S. The largest absolute Gasteiger partial charge is 0.506 e. The summed E-state index contributed by atoms with van der Waals surface area (Å²) in [6.07, 6.45) is 1.49. The van der Waals surface area contributed by atoms with Crippen molar-refractivity contribution in [2.75, 3.05) is 11.6 Å². The van der Waals surface area contributed by atoms with Crippen LogP contribution in [0.3, 0.4) is 0 Å². The van der Waals surface area contributed by atoms with Crippen LogP contribution in [0, 0.1) is 0 Å². The van der Waals surface area contributed by atoms with E-state index in [9.17, 15) is 18.3 Å². The first-order valence-corrected chi connectivity index (χ1v) is 7.24. The molecule has 0 aromatic heterocycles. The number of nitrogens with one attached hydrogen (secondary N) is 1. The molecule has 100 valence electrons. The van der Waals surface area contributed by atoms with Crippen LogP contribution in [-0.4, -0.2) is 31.7 Å². The number of sulfone groups is 1. The van der Waals surface area contributed by atoms with Gasteiger partial charge in [-0.15, -0.1) is 0 Å². The Morgan fingerprint density at radius 2 is 2.11 bits per heavy atom. The SMILES string of the molecule is CC[C@H](N)C(=O)Nc1cc(S(C)(=O)=O)ccc1O. The number of carbonyl (C=O) groups is 1. The highest BCUT2D eigenvalue weighted by atomic mass is 32.2. The van der Waals surface area contributed by atoms with Crippen molar-refractivity contribution >= 4 is 21.4 Å². The lowest BCUT2D eigenvalue weighted by Crippen LogP contribution is -2.34. The molecule has 0 fully saturated rings. The van der Waals surface area contributed by atoms with Gasteiger partial charge in [-0.05, 0) is 24.6 Å². The summed E-state index contributed by atoms with van der Waals surface area (Å²) in [5.41, 5.74) is 5.56. The molecule has 0 aliphatic carbocycles. The van der Waals surface area contributed by atoms with E-state index in [2.05, 4.69) is 5.32 Å². The number of amides is 1. The van der Waals surface area contributed by atoms with Gasteiger partial charge < -0.3 is 16.2 Å². The summed E-state index contributed by atoms with van der Waals surface area (Å²) in [4.78, 5) is 11.6. The summed E-state index contributed by atoms with van der Waals surface area (Å²) in [5.74, 6) is -0.683. The second-order valence-corrected chi connectivity index (χ2v) is 5.97. The maximum atomic E-state index is 11.6. The van der Waals surface area contributed by atoms with Crippen molar-refractivity contribution in [1.29, 1.82) is 0 Å². The fourth-order valence-electron chi connectivity index (χ4n) is 1.26. The van der Waals surface area contributed by atoms with Crippen LogP contribution < -0.4 is 11.1 Å². The van der Waals surface area contributed by atoms with Gasteiger partial charge >= 0.3 is 0 Å². The van der Waals surface area contributed by atoms with Gasteiger partial charge in [-0.3, -0.25) is 4.79 Å². The first-order chi connectivity index (χ1) is 8.25. The number of nitrogens with two attached hydrogens (primary N) is 1. The van der Waals surface area contributed by atoms with Crippen molar-refractivity contribution in [2.45, 2.75) is 24.3 Å². The summed E-state index contributed by atoms with van der Waals surface area (Å²) in [6, 6.07) is 2.97. The Morgan fingerprint density at radius 1 is 1.50 bits per heavy atom. The smallest absolute Gasteiger partial charge is 0.241 e. The molecule has 0 unspecified atom stereocenters. The highest BCUT2D eigenvalue weighted by Gasteiger charge is 2.15. The van der Waals surface area contributed by atoms with E-state index in [4.69, 9.17) is 5.73 Å². The summed E-state index contributed by atoms with van der Waals surface area (Å²) in [5, 5.41) is 11.9. The monoisotopic (exact) mass is 272 g/mol. The molecule has 1 amide bonds. The number of hydrogen-bond acceptors (Lipinski definition) is 5. The van der Waals surface area contributed by atoms with Crippen LogP contribution in [0.2, 0.25) is 0 Å². The minimum atomic E-state index is -3.40. The number of phenolic OH excluding ortho intramolecular Hbond substituents is 1. The lowest BCUT2D eigenvalue weighted by atomic mass is 10.2. The third kappa shape index (κ3) is 3.44. The van der Waals surface area contributed by atoms with Crippen LogP contribution in [0.4, 0.5) is 5.69 Å². The number of anilines is 1. The topological polar surface area (TPSA) is 109 Å². The first-order valence-electron chi connectivity index (χ1n) is 5.35. The summed E-state index contributed by atoms with van der Waals surface area (Å²) in [7, 11) is -3.40. The van der Waals surface area contributed by atoms with E-state index in [1.807, 2.05) is 0 Å². The van der Waals surface area contributed by atoms with E-state index in [0.29, 0.717) is 6.42 Å². The number of aromatic hydroxyl groups is 1. The van der Waals surface area contributed by atoms with Gasteiger partial charge in [0.15, 0.2) is 9.84 Å². The van der Waals surface area contributed by atoms with Crippen LogP contribution in [-0.2, 0) is 14.6 Å². The van der Waals surface area contributed by atoms with Gasteiger partial charge in [0.2, 0.25) is 5.91 Å². The van der Waals surface area contributed by atoms with Crippen molar-refractivity contribution in [3.8, 4) is 5.75 Å². The molecule has 0 heterocycles. The maximum Gasteiger partial charge on any atom is 0.241 e. The number of rotatable bonds is 4. The Kier molecular flexibility index (Phi) is 4.31. The van der Waals surface area contributed by atoms with E-state index < -0.39 is 21.8 Å². The number of phenols is 1. The summed E-state index contributed by atoms with van der Waals surface area (Å²) in [6.45, 7) is 1.75. The molecule has 0 saturated heterocycles. The molecule has 0 bridgehead atoms. The quantitative estimate of drug-likeness (QED) is 0.690. The fraction of sp³-hybridized carbons (Fsp3) is 0.364. The molecular weight excluding hydrogens is 256 g/mol. The zero-order valence-corrected chi connectivity index (χ0v) is 11.0. The molecule has 7 heteroatoms. The molecule has 4 N–H and O–H groups in total. The molecule has 1 aromatic rings. The van der Waals surface area contributed by atoms with Crippen LogP contribution in [0.1, 0.15) is 13.3 Å². The minimum absolute atomic E-state index is 0.0145. The van der Waals surface area contributed by atoms with Crippen LogP contribution in [0.15, 0.2) is 23.1 Å². The molecule has 1 aromatic carbocycles. The highest BCUT2D eigenvalue weighted by molar-refractivity contribution is 7.90. The zero-order chi connectivity index (χ0) is 13.9. The van der Waals surface area contributed by atoms with Gasteiger partial charge in [-0.1, -0.05) is 6.92 Å². The number of hydrogen-bond donors (Lipinski definition) is 3. The van der Waals surface area contributed by atoms with Crippen molar-refractivity contribution in [3.05, 3.63) is 18.2 Å². The van der Waals surface area contributed by atoms with Gasteiger partial charge in [0.25, 0.3) is 0 Å². The molecule has 0 aliphatic heterocycles. The molecule has 1 atom stereocenters. The fourth-order valence-corrected chi connectivity index (χ4v) is 1.90. The number of benzene rings is 1. The predicted molar refractivity (Wildman–Crippen MR) is 68.1 cm³/mol. The third-order valence-corrected chi connectivity index (χ3v) is 3.54. The molecule has 6 nitrogen and oxygen atoms in total. The zero-order valence-electron chi connectivity index (χ0n) is 10.2. The molecule has 0 saturated carbocycles. The van der Waals surface area contributed by atoms with Crippen LogP contribution in [0.5, 0.6) is 5.75 Å². The molecule has 18 heavy (non-hydrogen) atoms. The minimum Gasteiger partial charge on any atom is -0.506 e. The standard InChI is InChI=1S/C11H16N2O4S/c1-3-8(12)11(15)13-9-6-7(18(2,16)17)4-5-10(9)14/h4-6,8,14H,3,12H2,1-2H3,(H,13,15)/t8-/m0/s1. The average Bonchev–Trinajstić information content (AvgIpc) is 2.29. The number of carbonyl (C=O) groups excluding carboxylic acids is 1. The van der Waals surface area contributed by atoms with Crippen LogP contribution in [0.25, 0.3) is 0 Å². The maximum absolute atomic E-state index is 11.6. The van der Waals surface area contributed by atoms with Gasteiger partial charge in [-0.2, -0.15) is 0 Å². The van der Waals surface area contributed by atoms with Crippen LogP contribution >= 0.6 is 0 Å². The first kappa shape index (κ1) is 14.5. The molecule has 1 rings (SSSR count). The van der Waals surface area contributed by atoms with E-state index in [-0.39, 0.29) is 16.3 Å². The van der Waals surface area contributed by atoms with Crippen molar-refractivity contribution in [2.24, 2.45) is 5.73 Å². The second-order valence-electron chi connectivity index (χ2n) is 3.96. The normalized spacial score (nSPS) is 13.1. The van der Waals surface area contributed by atoms with Crippen molar-refractivity contribution in [1.82, 2.24) is 0 Å². The lowest BCUT2D eigenvalue weighted by molar-refractivity contribution is -0.117. The van der Waals surface area contributed by atoms with E-state index in [1.165, 1.54) is 18.2 Å². The average molecular weight is 272 g/mol. The summed E-state index contributed by atoms with van der Waals surface area (Å²) >= 11 is 0. The Bertz CT molecular complexity index is 554. The molecule has 0 spiro atoms.